The summed E-state index contributed by atoms with van der Waals surface area (Å²) in [6.07, 6.45) is 3.82. The molecule has 1 rings (SSSR count). The lowest BCUT2D eigenvalue weighted by Crippen LogP contribution is -2.08. The molecule has 0 amide bonds. The molecule has 19 heavy (non-hydrogen) atoms. The lowest BCUT2D eigenvalue weighted by Gasteiger charge is -2.15. The summed E-state index contributed by atoms with van der Waals surface area (Å²) in [7, 11) is 0. The zero-order chi connectivity index (χ0) is 14.3. The van der Waals surface area contributed by atoms with Crippen LogP contribution in [-0.2, 0) is 6.42 Å². The third-order valence-corrected chi connectivity index (χ3v) is 3.24. The third-order valence-electron chi connectivity index (χ3n) is 3.24. The van der Waals surface area contributed by atoms with Crippen molar-refractivity contribution in [3.63, 3.8) is 0 Å². The molecule has 0 saturated carbocycles. The van der Waals surface area contributed by atoms with E-state index in [1.165, 1.54) is 5.56 Å². The smallest absolute Gasteiger partial charge is 0.142 e. The van der Waals surface area contributed by atoms with E-state index in [0.717, 1.165) is 31.4 Å². The second-order valence-corrected chi connectivity index (χ2v) is 5.53. The predicted molar refractivity (Wildman–Crippen MR) is 79.0 cm³/mol. The lowest BCUT2D eigenvalue weighted by molar-refractivity contribution is 0.296. The maximum atomic E-state index is 8.92. The molecule has 3 heteroatoms. The van der Waals surface area contributed by atoms with Gasteiger partial charge in [-0.3, -0.25) is 0 Å². The fraction of sp³-hybridized carbons (Fsp3) is 0.562. The summed E-state index contributed by atoms with van der Waals surface area (Å²) in [5.74, 6) is 0.761. The van der Waals surface area contributed by atoms with Crippen molar-refractivity contribution in [3.8, 4) is 11.8 Å². The average Bonchev–Trinajstić information content (AvgIpc) is 2.39. The minimum Gasteiger partial charge on any atom is -0.491 e. The first-order valence-corrected chi connectivity index (χ1v) is 6.91. The summed E-state index contributed by atoms with van der Waals surface area (Å²) >= 11 is 0. The topological polar surface area (TPSA) is 59.0 Å². The SMILES string of the molecule is CCc1ccc(OCCCCC(C)(C)C#N)c(N)c1. The van der Waals surface area contributed by atoms with E-state index in [0.29, 0.717) is 12.3 Å². The summed E-state index contributed by atoms with van der Waals surface area (Å²) in [5, 5.41) is 8.92. The quantitative estimate of drug-likeness (QED) is 0.597. The van der Waals surface area contributed by atoms with Gasteiger partial charge in [-0.1, -0.05) is 13.0 Å². The van der Waals surface area contributed by atoms with Gasteiger partial charge in [-0.2, -0.15) is 5.26 Å². The standard InChI is InChI=1S/C16H24N2O/c1-4-13-7-8-15(14(18)11-13)19-10-6-5-9-16(2,3)12-17/h7-8,11H,4-6,9-10,18H2,1-3H3. The molecule has 1 aromatic rings. The van der Waals surface area contributed by atoms with E-state index < -0.39 is 0 Å². The predicted octanol–water partition coefficient (Wildman–Crippen LogP) is 3.93. The van der Waals surface area contributed by atoms with Crippen LogP contribution in [-0.4, -0.2) is 6.61 Å². The Hall–Kier alpha value is -1.69. The average molecular weight is 260 g/mol. The number of nitrogens with two attached hydrogens (primary N) is 1. The molecular formula is C16H24N2O. The Morgan fingerprint density at radius 2 is 2.05 bits per heavy atom. The molecular weight excluding hydrogens is 236 g/mol. The molecule has 0 aromatic heterocycles. The van der Waals surface area contributed by atoms with Crippen molar-refractivity contribution in [1.82, 2.24) is 0 Å². The molecule has 0 radical (unpaired) electrons. The fourth-order valence-electron chi connectivity index (χ4n) is 1.86. The van der Waals surface area contributed by atoms with Crippen LogP contribution in [0.25, 0.3) is 0 Å². The number of benzene rings is 1. The van der Waals surface area contributed by atoms with Gasteiger partial charge in [0.05, 0.1) is 23.8 Å². The molecule has 2 N–H and O–H groups in total. The van der Waals surface area contributed by atoms with Crippen LogP contribution in [0.1, 0.15) is 45.6 Å². The molecule has 0 heterocycles. The van der Waals surface area contributed by atoms with Gasteiger partial charge in [-0.25, -0.2) is 0 Å². The molecule has 0 atom stereocenters. The molecule has 0 fully saturated rings. The molecule has 0 saturated heterocycles. The van der Waals surface area contributed by atoms with Crippen molar-refractivity contribution in [2.24, 2.45) is 5.41 Å². The summed E-state index contributed by atoms with van der Waals surface area (Å²) < 4.78 is 5.68. The van der Waals surface area contributed by atoms with Gasteiger partial charge in [-0.05, 0) is 57.2 Å². The maximum Gasteiger partial charge on any atom is 0.142 e. The highest BCUT2D eigenvalue weighted by Gasteiger charge is 2.15. The third kappa shape index (κ3) is 5.21. The lowest BCUT2D eigenvalue weighted by atomic mass is 9.89. The van der Waals surface area contributed by atoms with Gasteiger partial charge < -0.3 is 10.5 Å². The number of ether oxygens (including phenoxy) is 1. The number of hydrogen-bond acceptors (Lipinski definition) is 3. The first-order valence-electron chi connectivity index (χ1n) is 6.91. The second-order valence-electron chi connectivity index (χ2n) is 5.53. The van der Waals surface area contributed by atoms with Crippen LogP contribution in [0.4, 0.5) is 5.69 Å². The van der Waals surface area contributed by atoms with E-state index >= 15 is 0 Å². The molecule has 0 spiro atoms. The Bertz CT molecular complexity index is 447. The van der Waals surface area contributed by atoms with Gasteiger partial charge in [0.2, 0.25) is 0 Å². The number of nitrogens with zero attached hydrogens (tertiary/aromatic N) is 1. The Kier molecular flexibility index (Phi) is 5.69. The molecule has 0 aliphatic heterocycles. The number of unbranched alkanes of at least 4 members (excludes halogenated alkanes) is 1. The number of hydrogen-bond donors (Lipinski definition) is 1. The van der Waals surface area contributed by atoms with Crippen LogP contribution < -0.4 is 10.5 Å². The maximum absolute atomic E-state index is 8.92. The van der Waals surface area contributed by atoms with Crippen LogP contribution in [0.2, 0.25) is 0 Å². The first kappa shape index (κ1) is 15.4. The van der Waals surface area contributed by atoms with Crippen molar-refractivity contribution in [1.29, 1.82) is 5.26 Å². The van der Waals surface area contributed by atoms with E-state index in [4.69, 9.17) is 15.7 Å². The van der Waals surface area contributed by atoms with Crippen molar-refractivity contribution in [3.05, 3.63) is 23.8 Å². The number of nitriles is 1. The fourth-order valence-corrected chi connectivity index (χ4v) is 1.86. The van der Waals surface area contributed by atoms with E-state index in [1.807, 2.05) is 32.0 Å². The highest BCUT2D eigenvalue weighted by atomic mass is 16.5. The second kappa shape index (κ2) is 7.04. The van der Waals surface area contributed by atoms with Crippen LogP contribution >= 0.6 is 0 Å². The monoisotopic (exact) mass is 260 g/mol. The van der Waals surface area contributed by atoms with Crippen molar-refractivity contribution in [2.75, 3.05) is 12.3 Å². The number of rotatable bonds is 7. The Morgan fingerprint density at radius 1 is 1.32 bits per heavy atom. The molecule has 104 valence electrons. The van der Waals surface area contributed by atoms with Crippen LogP contribution in [0.5, 0.6) is 5.75 Å². The molecule has 3 nitrogen and oxygen atoms in total. The zero-order valence-electron chi connectivity index (χ0n) is 12.2. The summed E-state index contributed by atoms with van der Waals surface area (Å²) in [4.78, 5) is 0. The van der Waals surface area contributed by atoms with Crippen LogP contribution in [0.15, 0.2) is 18.2 Å². The molecule has 0 unspecified atom stereocenters. The Balaban J connectivity index is 2.32. The van der Waals surface area contributed by atoms with E-state index in [2.05, 4.69) is 13.0 Å². The van der Waals surface area contributed by atoms with Gasteiger partial charge in [-0.15, -0.1) is 0 Å². The minimum atomic E-state index is -0.234. The zero-order valence-corrected chi connectivity index (χ0v) is 12.2. The number of nitrogen functional groups attached to an aromatic ring is 1. The van der Waals surface area contributed by atoms with Crippen molar-refractivity contribution in [2.45, 2.75) is 46.5 Å². The normalized spacial score (nSPS) is 11.1. The van der Waals surface area contributed by atoms with Crippen LogP contribution in [0.3, 0.4) is 0 Å². The summed E-state index contributed by atoms with van der Waals surface area (Å²) in [6.45, 7) is 6.69. The highest BCUT2D eigenvalue weighted by molar-refractivity contribution is 5.54. The molecule has 0 bridgehead atoms. The number of anilines is 1. The van der Waals surface area contributed by atoms with Gasteiger partial charge in [0.25, 0.3) is 0 Å². The minimum absolute atomic E-state index is 0.234. The van der Waals surface area contributed by atoms with Gasteiger partial charge in [0.15, 0.2) is 0 Å². The first-order chi connectivity index (χ1) is 8.98. The Labute approximate surface area is 116 Å². The van der Waals surface area contributed by atoms with Gasteiger partial charge in [0, 0.05) is 0 Å². The Morgan fingerprint density at radius 3 is 2.63 bits per heavy atom. The molecule has 1 aromatic carbocycles. The highest BCUT2D eigenvalue weighted by Crippen LogP contribution is 2.24. The van der Waals surface area contributed by atoms with E-state index in [1.54, 1.807) is 0 Å². The number of aryl methyl sites for hydroxylation is 1. The molecule has 0 aliphatic rings. The van der Waals surface area contributed by atoms with Crippen molar-refractivity contribution < 1.29 is 4.74 Å². The molecule has 0 aliphatic carbocycles. The van der Waals surface area contributed by atoms with Gasteiger partial charge in [0.1, 0.15) is 5.75 Å². The van der Waals surface area contributed by atoms with E-state index in [9.17, 15) is 0 Å². The summed E-state index contributed by atoms with van der Waals surface area (Å²) in [6, 6.07) is 8.26. The van der Waals surface area contributed by atoms with Crippen LogP contribution in [0, 0.1) is 16.7 Å². The largest absolute Gasteiger partial charge is 0.491 e. The summed E-state index contributed by atoms with van der Waals surface area (Å²) in [5.41, 5.74) is 7.63. The van der Waals surface area contributed by atoms with Gasteiger partial charge >= 0.3 is 0 Å². The van der Waals surface area contributed by atoms with E-state index in [-0.39, 0.29) is 5.41 Å². The van der Waals surface area contributed by atoms with Crippen molar-refractivity contribution >= 4 is 5.69 Å².